The van der Waals surface area contributed by atoms with Crippen LogP contribution < -0.4 is 5.32 Å². The number of hydrogen-bond acceptors (Lipinski definition) is 6. The summed E-state index contributed by atoms with van der Waals surface area (Å²) in [5.74, 6) is -3.61. The molecule has 23 heavy (non-hydrogen) atoms. The molecule has 0 saturated carbocycles. The standard InChI is InChI=1S/C14H18N2O7/c17-5-1-2-9(12(18)19)15-4-3-8-6-10(13(20)21)16-11(7-8)14(22)23/h3-4,6,9,11,16-17H,1-2,5,7H2,(H,18,19)(H,20,21)(H,22,23)/b8-3-,15-4?/t9-,11-/m1/s1. The average molecular weight is 326 g/mol. The molecule has 0 unspecified atom stereocenters. The largest absolute Gasteiger partial charge is 0.480 e. The normalized spacial score (nSPS) is 20.8. The smallest absolute Gasteiger partial charge is 0.351 e. The topological polar surface area (TPSA) is 157 Å². The molecular formula is C14H18N2O7. The summed E-state index contributed by atoms with van der Waals surface area (Å²) in [6.45, 7) is -0.142. The van der Waals surface area contributed by atoms with E-state index in [0.29, 0.717) is 12.0 Å². The number of aliphatic hydroxyl groups excluding tert-OH is 1. The van der Waals surface area contributed by atoms with Crippen molar-refractivity contribution in [1.82, 2.24) is 5.32 Å². The third-order valence-corrected chi connectivity index (χ3v) is 3.10. The van der Waals surface area contributed by atoms with Gasteiger partial charge in [-0.1, -0.05) is 0 Å². The number of carbonyl (C=O) groups is 3. The Labute approximate surface area is 131 Å². The first kappa shape index (κ1) is 18.4. The van der Waals surface area contributed by atoms with Gasteiger partial charge in [0.1, 0.15) is 17.8 Å². The van der Waals surface area contributed by atoms with Crippen LogP contribution in [0, 0.1) is 0 Å². The van der Waals surface area contributed by atoms with Crippen LogP contribution in [-0.2, 0) is 14.4 Å². The van der Waals surface area contributed by atoms with E-state index in [-0.39, 0.29) is 25.1 Å². The SMILES string of the molecule is O=C(O)C1=C/C(=C/C=N[C@H](CCCO)C(=O)O)C[C@H](C(=O)O)N1. The zero-order chi connectivity index (χ0) is 17.4. The molecule has 1 aliphatic heterocycles. The summed E-state index contributed by atoms with van der Waals surface area (Å²) < 4.78 is 0. The van der Waals surface area contributed by atoms with Crippen LogP contribution in [0.3, 0.4) is 0 Å². The van der Waals surface area contributed by atoms with Crippen molar-refractivity contribution < 1.29 is 34.8 Å². The van der Waals surface area contributed by atoms with Crippen LogP contribution >= 0.6 is 0 Å². The van der Waals surface area contributed by atoms with Crippen molar-refractivity contribution in [2.75, 3.05) is 6.61 Å². The maximum Gasteiger partial charge on any atom is 0.351 e. The number of carboxylic acid groups (broad SMARTS) is 3. The Hall–Kier alpha value is -2.68. The first-order valence-corrected chi connectivity index (χ1v) is 6.85. The van der Waals surface area contributed by atoms with Crippen molar-refractivity contribution in [1.29, 1.82) is 0 Å². The van der Waals surface area contributed by atoms with Gasteiger partial charge >= 0.3 is 17.9 Å². The van der Waals surface area contributed by atoms with Crippen molar-refractivity contribution in [3.8, 4) is 0 Å². The van der Waals surface area contributed by atoms with Gasteiger partial charge in [-0.3, -0.25) is 4.99 Å². The van der Waals surface area contributed by atoms with Gasteiger partial charge in [-0.25, -0.2) is 14.4 Å². The Kier molecular flexibility index (Phi) is 6.94. The van der Waals surface area contributed by atoms with Gasteiger partial charge in [0, 0.05) is 19.2 Å². The highest BCUT2D eigenvalue weighted by Gasteiger charge is 2.26. The molecule has 1 heterocycles. The lowest BCUT2D eigenvalue weighted by molar-refractivity contribution is -0.140. The van der Waals surface area contributed by atoms with Crippen molar-refractivity contribution in [3.63, 3.8) is 0 Å². The average Bonchev–Trinajstić information content (AvgIpc) is 2.49. The Morgan fingerprint density at radius 2 is 2.04 bits per heavy atom. The Morgan fingerprint density at radius 3 is 2.57 bits per heavy atom. The number of aliphatic imine (C=N–C) groups is 1. The Morgan fingerprint density at radius 1 is 1.35 bits per heavy atom. The van der Waals surface area contributed by atoms with Gasteiger partial charge in [0.05, 0.1) is 0 Å². The molecule has 0 aliphatic carbocycles. The van der Waals surface area contributed by atoms with Gasteiger partial charge in [-0.2, -0.15) is 0 Å². The van der Waals surface area contributed by atoms with Crippen molar-refractivity contribution >= 4 is 24.1 Å². The van der Waals surface area contributed by atoms with Gasteiger partial charge in [-0.05, 0) is 30.6 Å². The first-order valence-electron chi connectivity index (χ1n) is 6.85. The summed E-state index contributed by atoms with van der Waals surface area (Å²) >= 11 is 0. The number of aliphatic carboxylic acids is 3. The van der Waals surface area contributed by atoms with Crippen LogP contribution in [-0.4, -0.2) is 63.2 Å². The van der Waals surface area contributed by atoms with E-state index in [1.54, 1.807) is 0 Å². The number of aliphatic hydroxyl groups is 1. The van der Waals surface area contributed by atoms with E-state index in [1.807, 2.05) is 0 Å². The van der Waals surface area contributed by atoms with Crippen LogP contribution in [0.5, 0.6) is 0 Å². The molecule has 5 N–H and O–H groups in total. The summed E-state index contributed by atoms with van der Waals surface area (Å²) in [7, 11) is 0. The molecule has 0 fully saturated rings. The van der Waals surface area contributed by atoms with Crippen molar-refractivity contribution in [2.24, 2.45) is 4.99 Å². The maximum absolute atomic E-state index is 11.0. The van der Waals surface area contributed by atoms with Gasteiger partial charge in [0.15, 0.2) is 0 Å². The second kappa shape index (κ2) is 8.69. The fraction of sp³-hybridized carbons (Fsp3) is 0.429. The molecule has 0 aromatic carbocycles. The molecule has 126 valence electrons. The number of nitrogens with one attached hydrogen (secondary N) is 1. The van der Waals surface area contributed by atoms with Crippen molar-refractivity contribution in [2.45, 2.75) is 31.3 Å². The summed E-state index contributed by atoms with van der Waals surface area (Å²) in [6, 6.07) is -2.09. The number of carboxylic acids is 3. The first-order chi connectivity index (χ1) is 10.8. The van der Waals surface area contributed by atoms with E-state index < -0.39 is 30.0 Å². The van der Waals surface area contributed by atoms with E-state index >= 15 is 0 Å². The van der Waals surface area contributed by atoms with Crippen LogP contribution in [0.2, 0.25) is 0 Å². The Balaban J connectivity index is 2.89. The highest BCUT2D eigenvalue weighted by atomic mass is 16.4. The number of hydrogen-bond donors (Lipinski definition) is 5. The highest BCUT2D eigenvalue weighted by Crippen LogP contribution is 2.16. The molecule has 9 heteroatoms. The molecular weight excluding hydrogens is 308 g/mol. The minimum atomic E-state index is -1.29. The molecule has 1 aliphatic rings. The molecule has 0 spiro atoms. The minimum absolute atomic E-state index is 0.0481. The zero-order valence-corrected chi connectivity index (χ0v) is 12.2. The monoisotopic (exact) mass is 326 g/mol. The van der Waals surface area contributed by atoms with Gasteiger partial charge in [0.2, 0.25) is 0 Å². The van der Waals surface area contributed by atoms with Crippen LogP contribution in [0.25, 0.3) is 0 Å². The summed E-state index contributed by atoms with van der Waals surface area (Å²) in [4.78, 5) is 36.8. The van der Waals surface area contributed by atoms with Gasteiger partial charge in [0.25, 0.3) is 0 Å². The fourth-order valence-corrected chi connectivity index (χ4v) is 1.94. The second-order valence-electron chi connectivity index (χ2n) is 4.86. The van der Waals surface area contributed by atoms with Crippen LogP contribution in [0.1, 0.15) is 19.3 Å². The van der Waals surface area contributed by atoms with Gasteiger partial charge in [-0.15, -0.1) is 0 Å². The lowest BCUT2D eigenvalue weighted by Crippen LogP contribution is -2.41. The predicted molar refractivity (Wildman–Crippen MR) is 79.2 cm³/mol. The molecule has 0 aromatic rings. The lowest BCUT2D eigenvalue weighted by Gasteiger charge is -2.21. The fourth-order valence-electron chi connectivity index (χ4n) is 1.94. The summed E-state index contributed by atoms with van der Waals surface area (Å²) in [6.07, 6.45) is 4.38. The molecule has 0 saturated heterocycles. The molecule has 2 atom stereocenters. The van der Waals surface area contributed by atoms with E-state index in [0.717, 1.165) is 0 Å². The minimum Gasteiger partial charge on any atom is -0.480 e. The Bertz CT molecular complexity index is 565. The molecule has 0 radical (unpaired) electrons. The third-order valence-electron chi connectivity index (χ3n) is 3.10. The number of nitrogens with zero attached hydrogens (tertiary/aromatic N) is 1. The van der Waals surface area contributed by atoms with Crippen molar-refractivity contribution in [3.05, 3.63) is 23.4 Å². The second-order valence-corrected chi connectivity index (χ2v) is 4.86. The molecule has 0 aromatic heterocycles. The zero-order valence-electron chi connectivity index (χ0n) is 12.2. The molecule has 1 rings (SSSR count). The lowest BCUT2D eigenvalue weighted by atomic mass is 10.00. The van der Waals surface area contributed by atoms with E-state index in [2.05, 4.69) is 10.3 Å². The molecule has 0 amide bonds. The summed E-state index contributed by atoms with van der Waals surface area (Å²) in [5.41, 5.74) is 0.155. The molecule has 0 bridgehead atoms. The van der Waals surface area contributed by atoms with Crippen LogP contribution in [0.15, 0.2) is 28.4 Å². The predicted octanol–water partition coefficient (Wildman–Crippen LogP) is -0.376. The quantitative estimate of drug-likeness (QED) is 0.378. The molecule has 9 nitrogen and oxygen atoms in total. The van der Waals surface area contributed by atoms with E-state index in [9.17, 15) is 14.4 Å². The number of rotatable bonds is 8. The maximum atomic E-state index is 11.0. The van der Waals surface area contributed by atoms with E-state index in [4.69, 9.17) is 20.4 Å². The summed E-state index contributed by atoms with van der Waals surface area (Å²) in [5, 5.41) is 38.0. The highest BCUT2D eigenvalue weighted by molar-refractivity contribution is 5.89. The van der Waals surface area contributed by atoms with Crippen LogP contribution in [0.4, 0.5) is 0 Å². The third kappa shape index (κ3) is 5.91. The number of allylic oxidation sites excluding steroid dienone is 2. The van der Waals surface area contributed by atoms with E-state index in [1.165, 1.54) is 18.4 Å². The van der Waals surface area contributed by atoms with Gasteiger partial charge < -0.3 is 25.7 Å².